The lowest BCUT2D eigenvalue weighted by molar-refractivity contribution is 0.484. The van der Waals surface area contributed by atoms with Crippen LogP contribution in [0.2, 0.25) is 0 Å². The standard InChI is InChI=1S/C21H23N7O/c1-13-9-26(7-6-22-13)16-4-5-19-24-17(8-20(29)28(19)11-16)18-12-27-10-14(2)23-15(3)21(27)25-18/h4-5,8,10-13,22H,6-7,9H2,1-3H3/t13-/m0/s1. The number of hydrogen-bond donors (Lipinski definition) is 1. The smallest absolute Gasteiger partial charge is 0.258 e. The van der Waals surface area contributed by atoms with Crippen molar-refractivity contribution in [2.45, 2.75) is 26.8 Å². The summed E-state index contributed by atoms with van der Waals surface area (Å²) in [5.74, 6) is 0. The van der Waals surface area contributed by atoms with Crippen molar-refractivity contribution in [2.24, 2.45) is 0 Å². The summed E-state index contributed by atoms with van der Waals surface area (Å²) < 4.78 is 3.55. The molecule has 148 valence electrons. The molecular formula is C21H23N7O. The largest absolute Gasteiger partial charge is 0.368 e. The highest BCUT2D eigenvalue weighted by Crippen LogP contribution is 2.20. The summed E-state index contributed by atoms with van der Waals surface area (Å²) in [6, 6.07) is 5.91. The van der Waals surface area contributed by atoms with Crippen molar-refractivity contribution in [1.29, 1.82) is 0 Å². The Morgan fingerprint density at radius 1 is 1.07 bits per heavy atom. The number of rotatable bonds is 2. The average molecular weight is 389 g/mol. The molecule has 8 heteroatoms. The lowest BCUT2D eigenvalue weighted by Crippen LogP contribution is -2.49. The zero-order chi connectivity index (χ0) is 20.1. The van der Waals surface area contributed by atoms with E-state index in [9.17, 15) is 4.79 Å². The molecule has 1 aliphatic heterocycles. The van der Waals surface area contributed by atoms with Crippen LogP contribution in [-0.2, 0) is 0 Å². The van der Waals surface area contributed by atoms with Gasteiger partial charge in [0, 0.05) is 50.3 Å². The van der Waals surface area contributed by atoms with Gasteiger partial charge in [-0.25, -0.2) is 9.97 Å². The molecule has 0 unspecified atom stereocenters. The number of anilines is 1. The Bertz CT molecular complexity index is 1290. The fourth-order valence-electron chi connectivity index (χ4n) is 4.00. The molecule has 0 aromatic carbocycles. The van der Waals surface area contributed by atoms with Gasteiger partial charge < -0.3 is 14.6 Å². The highest BCUT2D eigenvalue weighted by Gasteiger charge is 2.17. The van der Waals surface area contributed by atoms with Crippen LogP contribution < -0.4 is 15.8 Å². The van der Waals surface area contributed by atoms with E-state index in [1.807, 2.05) is 49.0 Å². The Labute approximate surface area is 167 Å². The zero-order valence-electron chi connectivity index (χ0n) is 16.8. The van der Waals surface area contributed by atoms with Crippen LogP contribution in [0, 0.1) is 13.8 Å². The van der Waals surface area contributed by atoms with Gasteiger partial charge in [0.1, 0.15) is 11.3 Å². The number of aromatic nitrogens is 5. The Morgan fingerprint density at radius 3 is 2.76 bits per heavy atom. The Morgan fingerprint density at radius 2 is 1.93 bits per heavy atom. The van der Waals surface area contributed by atoms with Crippen LogP contribution in [0.15, 0.2) is 41.6 Å². The molecule has 0 aliphatic carbocycles. The third kappa shape index (κ3) is 3.15. The van der Waals surface area contributed by atoms with Gasteiger partial charge in [-0.05, 0) is 32.9 Å². The van der Waals surface area contributed by atoms with Crippen molar-refractivity contribution in [3.63, 3.8) is 0 Å². The molecule has 1 N–H and O–H groups in total. The van der Waals surface area contributed by atoms with Gasteiger partial charge in [0.2, 0.25) is 0 Å². The minimum absolute atomic E-state index is 0.113. The molecule has 1 fully saturated rings. The number of pyridine rings is 1. The van der Waals surface area contributed by atoms with Crippen molar-refractivity contribution in [1.82, 2.24) is 29.1 Å². The molecular weight excluding hydrogens is 366 g/mol. The number of hydrogen-bond acceptors (Lipinski definition) is 6. The topological polar surface area (TPSA) is 79.8 Å². The second-order valence-corrected chi connectivity index (χ2v) is 7.72. The van der Waals surface area contributed by atoms with Crippen LogP contribution in [0.5, 0.6) is 0 Å². The number of nitrogens with one attached hydrogen (secondary N) is 1. The number of nitrogens with zero attached hydrogens (tertiary/aromatic N) is 6. The van der Waals surface area contributed by atoms with Crippen molar-refractivity contribution in [3.8, 4) is 11.4 Å². The fourth-order valence-corrected chi connectivity index (χ4v) is 4.00. The highest BCUT2D eigenvalue weighted by molar-refractivity contribution is 5.63. The van der Waals surface area contributed by atoms with Gasteiger partial charge in [0.05, 0.1) is 22.8 Å². The molecule has 29 heavy (non-hydrogen) atoms. The van der Waals surface area contributed by atoms with Crippen LogP contribution >= 0.6 is 0 Å². The van der Waals surface area contributed by atoms with E-state index in [4.69, 9.17) is 4.98 Å². The maximum atomic E-state index is 12.9. The molecule has 4 aromatic rings. The normalized spacial score (nSPS) is 17.3. The number of aryl methyl sites for hydroxylation is 2. The minimum atomic E-state index is -0.113. The molecule has 0 saturated carbocycles. The van der Waals surface area contributed by atoms with E-state index in [1.165, 1.54) is 0 Å². The first kappa shape index (κ1) is 17.8. The predicted molar refractivity (Wildman–Crippen MR) is 113 cm³/mol. The summed E-state index contributed by atoms with van der Waals surface area (Å²) in [6.45, 7) is 8.82. The maximum absolute atomic E-state index is 12.9. The van der Waals surface area contributed by atoms with Gasteiger partial charge in [0.25, 0.3) is 5.56 Å². The average Bonchev–Trinajstić information content (AvgIpc) is 3.12. The van der Waals surface area contributed by atoms with Crippen LogP contribution in [0.3, 0.4) is 0 Å². The van der Waals surface area contributed by atoms with Crippen molar-refractivity contribution < 1.29 is 0 Å². The molecule has 4 aromatic heterocycles. The predicted octanol–water partition coefficient (Wildman–Crippen LogP) is 1.82. The molecule has 5 heterocycles. The van der Waals surface area contributed by atoms with E-state index in [0.29, 0.717) is 23.1 Å². The van der Waals surface area contributed by atoms with Gasteiger partial charge in [0.15, 0.2) is 5.65 Å². The second kappa shape index (κ2) is 6.66. The van der Waals surface area contributed by atoms with E-state index in [0.717, 1.165) is 42.4 Å². The Balaban J connectivity index is 1.57. The Kier molecular flexibility index (Phi) is 4.09. The molecule has 1 aliphatic rings. The fraction of sp³-hybridized carbons (Fsp3) is 0.333. The number of fused-ring (bicyclic) bond motifs is 2. The van der Waals surface area contributed by atoms with E-state index in [-0.39, 0.29) is 5.56 Å². The van der Waals surface area contributed by atoms with Gasteiger partial charge in [-0.2, -0.15) is 0 Å². The van der Waals surface area contributed by atoms with Crippen molar-refractivity contribution in [2.75, 3.05) is 24.5 Å². The van der Waals surface area contributed by atoms with Gasteiger partial charge in [-0.15, -0.1) is 0 Å². The van der Waals surface area contributed by atoms with Gasteiger partial charge in [-0.3, -0.25) is 14.2 Å². The first-order valence-corrected chi connectivity index (χ1v) is 9.83. The van der Waals surface area contributed by atoms with E-state index >= 15 is 0 Å². The monoisotopic (exact) mass is 389 g/mol. The van der Waals surface area contributed by atoms with Crippen molar-refractivity contribution >= 4 is 17.0 Å². The number of piperazine rings is 1. The molecule has 0 spiro atoms. The quantitative estimate of drug-likeness (QED) is 0.563. The maximum Gasteiger partial charge on any atom is 0.258 e. The first-order valence-electron chi connectivity index (χ1n) is 9.83. The lowest BCUT2D eigenvalue weighted by Gasteiger charge is -2.33. The minimum Gasteiger partial charge on any atom is -0.368 e. The van der Waals surface area contributed by atoms with Crippen LogP contribution in [0.25, 0.3) is 22.7 Å². The molecule has 0 radical (unpaired) electrons. The van der Waals surface area contributed by atoms with Crippen LogP contribution in [0.1, 0.15) is 18.3 Å². The van der Waals surface area contributed by atoms with Crippen LogP contribution in [-0.4, -0.2) is 49.4 Å². The SMILES string of the molecule is Cc1cn2cc(-c3cc(=O)n4cc(N5CCN[C@@H](C)C5)ccc4n3)nc2c(C)n1. The summed E-state index contributed by atoms with van der Waals surface area (Å²) >= 11 is 0. The molecule has 1 atom stereocenters. The van der Waals surface area contributed by atoms with Crippen LogP contribution in [0.4, 0.5) is 5.69 Å². The highest BCUT2D eigenvalue weighted by atomic mass is 16.1. The summed E-state index contributed by atoms with van der Waals surface area (Å²) in [4.78, 5) is 28.9. The molecule has 1 saturated heterocycles. The zero-order valence-corrected chi connectivity index (χ0v) is 16.8. The number of imidazole rings is 1. The van der Waals surface area contributed by atoms with E-state index in [2.05, 4.69) is 27.1 Å². The molecule has 8 nitrogen and oxygen atoms in total. The lowest BCUT2D eigenvalue weighted by atomic mass is 10.2. The second-order valence-electron chi connectivity index (χ2n) is 7.72. The third-order valence-electron chi connectivity index (χ3n) is 5.37. The van der Waals surface area contributed by atoms with E-state index < -0.39 is 0 Å². The van der Waals surface area contributed by atoms with E-state index in [1.54, 1.807) is 10.5 Å². The van der Waals surface area contributed by atoms with Crippen molar-refractivity contribution in [3.05, 3.63) is 58.5 Å². The summed E-state index contributed by atoms with van der Waals surface area (Å²) in [5, 5.41) is 3.44. The summed E-state index contributed by atoms with van der Waals surface area (Å²) in [7, 11) is 0. The molecule has 0 amide bonds. The Hall–Kier alpha value is -3.26. The first-order chi connectivity index (χ1) is 14.0. The summed E-state index contributed by atoms with van der Waals surface area (Å²) in [5.41, 5.74) is 5.31. The molecule has 5 rings (SSSR count). The summed E-state index contributed by atoms with van der Waals surface area (Å²) in [6.07, 6.45) is 5.70. The van der Waals surface area contributed by atoms with Gasteiger partial charge >= 0.3 is 0 Å². The molecule has 0 bridgehead atoms. The van der Waals surface area contributed by atoms with Gasteiger partial charge in [-0.1, -0.05) is 0 Å². The third-order valence-corrected chi connectivity index (χ3v) is 5.37.